The predicted octanol–water partition coefficient (Wildman–Crippen LogP) is 1.86. The highest BCUT2D eigenvalue weighted by Gasteiger charge is 2.24. The van der Waals surface area contributed by atoms with Crippen LogP contribution in [0.2, 0.25) is 5.02 Å². The molecule has 1 aromatic carbocycles. The van der Waals surface area contributed by atoms with Crippen LogP contribution in [0.3, 0.4) is 0 Å². The van der Waals surface area contributed by atoms with Crippen molar-refractivity contribution in [2.24, 2.45) is 0 Å². The molecular formula is C15H21ClN2O3S. The lowest BCUT2D eigenvalue weighted by Gasteiger charge is -2.19. The van der Waals surface area contributed by atoms with Gasteiger partial charge in [0.15, 0.2) is 0 Å². The van der Waals surface area contributed by atoms with Crippen LogP contribution in [0.5, 0.6) is 0 Å². The van der Waals surface area contributed by atoms with E-state index in [0.29, 0.717) is 11.4 Å². The van der Waals surface area contributed by atoms with E-state index >= 15 is 0 Å². The molecule has 0 saturated carbocycles. The van der Waals surface area contributed by atoms with Gasteiger partial charge < -0.3 is 10.2 Å². The molecule has 1 aromatic rings. The Kier molecular flexibility index (Phi) is 5.69. The van der Waals surface area contributed by atoms with Crippen molar-refractivity contribution in [3.8, 4) is 0 Å². The smallest absolute Gasteiger partial charge is 0.220 e. The third-order valence-electron chi connectivity index (χ3n) is 3.65. The maximum atomic E-state index is 11.8. The molecule has 0 radical (unpaired) electrons. The Hall–Kier alpha value is -1.27. The Labute approximate surface area is 136 Å². The molecule has 1 aliphatic heterocycles. The number of rotatable bonds is 6. The Morgan fingerprint density at radius 1 is 1.45 bits per heavy atom. The molecule has 0 unspecified atom stereocenters. The van der Waals surface area contributed by atoms with Crippen molar-refractivity contribution >= 4 is 33.0 Å². The van der Waals surface area contributed by atoms with Gasteiger partial charge in [-0.3, -0.25) is 4.79 Å². The van der Waals surface area contributed by atoms with Crippen molar-refractivity contribution in [2.45, 2.75) is 25.3 Å². The van der Waals surface area contributed by atoms with Gasteiger partial charge in [-0.1, -0.05) is 17.7 Å². The van der Waals surface area contributed by atoms with E-state index in [9.17, 15) is 13.2 Å². The van der Waals surface area contributed by atoms with Gasteiger partial charge in [-0.25, -0.2) is 8.42 Å². The summed E-state index contributed by atoms with van der Waals surface area (Å²) in [6, 6.07) is 7.77. The zero-order chi connectivity index (χ0) is 16.2. The number of hydrogen-bond acceptors (Lipinski definition) is 4. The van der Waals surface area contributed by atoms with E-state index < -0.39 is 9.84 Å². The standard InChI is InChI=1S/C15H21ClN2O3S/c1-22(20,21)9-3-6-15(19)17-13-7-8-18(11-13)14-5-2-4-12(16)10-14/h2,4-5,10,13H,3,6-9,11H2,1H3,(H,17,19)/t13-/m0/s1. The van der Waals surface area contributed by atoms with Gasteiger partial charge in [0, 0.05) is 42.5 Å². The molecule has 1 amide bonds. The van der Waals surface area contributed by atoms with Gasteiger partial charge >= 0.3 is 0 Å². The maximum absolute atomic E-state index is 11.8. The van der Waals surface area contributed by atoms with Crippen LogP contribution >= 0.6 is 11.6 Å². The predicted molar refractivity (Wildman–Crippen MR) is 89.2 cm³/mol. The number of anilines is 1. The van der Waals surface area contributed by atoms with Crippen LogP contribution < -0.4 is 10.2 Å². The van der Waals surface area contributed by atoms with Crippen molar-refractivity contribution in [1.29, 1.82) is 0 Å². The second kappa shape index (κ2) is 7.33. The van der Waals surface area contributed by atoms with E-state index in [1.165, 1.54) is 6.26 Å². The fourth-order valence-electron chi connectivity index (χ4n) is 2.58. The van der Waals surface area contributed by atoms with Gasteiger partial charge in [0.2, 0.25) is 5.91 Å². The quantitative estimate of drug-likeness (QED) is 0.855. The summed E-state index contributed by atoms with van der Waals surface area (Å²) in [4.78, 5) is 14.0. The largest absolute Gasteiger partial charge is 0.369 e. The van der Waals surface area contributed by atoms with E-state index in [1.807, 2.05) is 24.3 Å². The fourth-order valence-corrected chi connectivity index (χ4v) is 3.43. The zero-order valence-electron chi connectivity index (χ0n) is 12.6. The Balaban J connectivity index is 1.77. The number of carbonyl (C=O) groups excluding carboxylic acids is 1. The van der Waals surface area contributed by atoms with Crippen molar-refractivity contribution < 1.29 is 13.2 Å². The van der Waals surface area contributed by atoms with Crippen LogP contribution in [0.1, 0.15) is 19.3 Å². The second-order valence-corrected chi connectivity index (χ2v) is 8.41. The van der Waals surface area contributed by atoms with E-state index in [2.05, 4.69) is 10.2 Å². The SMILES string of the molecule is CS(=O)(=O)CCCC(=O)N[C@H]1CCN(c2cccc(Cl)c2)C1. The Morgan fingerprint density at radius 3 is 2.91 bits per heavy atom. The fraction of sp³-hybridized carbons (Fsp3) is 0.533. The number of nitrogens with one attached hydrogen (secondary N) is 1. The van der Waals surface area contributed by atoms with Gasteiger partial charge in [0.25, 0.3) is 0 Å². The van der Waals surface area contributed by atoms with Crippen LogP contribution in [0, 0.1) is 0 Å². The molecule has 5 nitrogen and oxygen atoms in total. The van der Waals surface area contributed by atoms with Crippen LogP contribution in [0.25, 0.3) is 0 Å². The lowest BCUT2D eigenvalue weighted by molar-refractivity contribution is -0.121. The number of hydrogen-bond donors (Lipinski definition) is 1. The van der Waals surface area contributed by atoms with Crippen LogP contribution in [-0.4, -0.2) is 45.5 Å². The highest BCUT2D eigenvalue weighted by molar-refractivity contribution is 7.90. The van der Waals surface area contributed by atoms with E-state index in [4.69, 9.17) is 11.6 Å². The van der Waals surface area contributed by atoms with Crippen molar-refractivity contribution in [3.63, 3.8) is 0 Å². The normalized spacial score (nSPS) is 18.5. The molecule has 1 atom stereocenters. The molecule has 22 heavy (non-hydrogen) atoms. The molecule has 1 N–H and O–H groups in total. The summed E-state index contributed by atoms with van der Waals surface area (Å²) in [5.41, 5.74) is 1.06. The summed E-state index contributed by atoms with van der Waals surface area (Å²) >= 11 is 5.99. The number of halogens is 1. The van der Waals surface area contributed by atoms with Crippen LogP contribution in [0.4, 0.5) is 5.69 Å². The number of sulfone groups is 1. The Morgan fingerprint density at radius 2 is 2.23 bits per heavy atom. The van der Waals surface area contributed by atoms with E-state index in [-0.39, 0.29) is 24.1 Å². The molecule has 1 fully saturated rings. The third-order valence-corrected chi connectivity index (χ3v) is 4.91. The average Bonchev–Trinajstić information content (AvgIpc) is 2.85. The topological polar surface area (TPSA) is 66.5 Å². The number of benzene rings is 1. The summed E-state index contributed by atoms with van der Waals surface area (Å²) in [5, 5.41) is 3.67. The van der Waals surface area contributed by atoms with Gasteiger partial charge in [-0.15, -0.1) is 0 Å². The zero-order valence-corrected chi connectivity index (χ0v) is 14.2. The molecule has 0 aromatic heterocycles. The number of carbonyl (C=O) groups is 1. The summed E-state index contributed by atoms with van der Waals surface area (Å²) in [6.07, 6.45) is 2.69. The second-order valence-electron chi connectivity index (χ2n) is 5.71. The molecule has 1 heterocycles. The summed E-state index contributed by atoms with van der Waals surface area (Å²) in [7, 11) is -3.00. The van der Waals surface area contributed by atoms with Crippen LogP contribution in [-0.2, 0) is 14.6 Å². The van der Waals surface area contributed by atoms with Gasteiger partial charge in [-0.05, 0) is 31.0 Å². The maximum Gasteiger partial charge on any atom is 0.220 e. The first-order chi connectivity index (χ1) is 10.3. The molecule has 0 bridgehead atoms. The number of nitrogens with zero attached hydrogens (tertiary/aromatic N) is 1. The van der Waals surface area contributed by atoms with Crippen molar-refractivity contribution in [2.75, 3.05) is 30.0 Å². The molecule has 122 valence electrons. The van der Waals surface area contributed by atoms with Crippen molar-refractivity contribution in [1.82, 2.24) is 5.32 Å². The van der Waals surface area contributed by atoms with Gasteiger partial charge in [0.1, 0.15) is 9.84 Å². The molecular weight excluding hydrogens is 324 g/mol. The minimum atomic E-state index is -3.00. The van der Waals surface area contributed by atoms with Gasteiger partial charge in [0.05, 0.1) is 5.75 Å². The molecule has 1 aliphatic rings. The molecule has 7 heteroatoms. The third kappa shape index (κ3) is 5.50. The average molecular weight is 345 g/mol. The summed E-state index contributed by atoms with van der Waals surface area (Å²) in [5.74, 6) is -0.0266. The van der Waals surface area contributed by atoms with Crippen LogP contribution in [0.15, 0.2) is 24.3 Å². The first kappa shape index (κ1) is 17.1. The highest BCUT2D eigenvalue weighted by atomic mass is 35.5. The highest BCUT2D eigenvalue weighted by Crippen LogP contribution is 2.23. The monoisotopic (exact) mass is 344 g/mol. The van der Waals surface area contributed by atoms with E-state index in [1.54, 1.807) is 0 Å². The van der Waals surface area contributed by atoms with E-state index in [0.717, 1.165) is 25.2 Å². The molecule has 0 spiro atoms. The Bertz CT molecular complexity index is 633. The summed E-state index contributed by atoms with van der Waals surface area (Å²) in [6.45, 7) is 1.62. The van der Waals surface area contributed by atoms with Gasteiger partial charge in [-0.2, -0.15) is 0 Å². The minimum Gasteiger partial charge on any atom is -0.369 e. The van der Waals surface area contributed by atoms with Crippen molar-refractivity contribution in [3.05, 3.63) is 29.3 Å². The minimum absolute atomic E-state index is 0.0553. The lowest BCUT2D eigenvalue weighted by atomic mass is 10.2. The molecule has 0 aliphatic carbocycles. The number of amides is 1. The first-order valence-electron chi connectivity index (χ1n) is 7.31. The lowest BCUT2D eigenvalue weighted by Crippen LogP contribution is -2.37. The molecule has 1 saturated heterocycles. The summed E-state index contributed by atoms with van der Waals surface area (Å²) < 4.78 is 22.1. The molecule has 2 rings (SSSR count). The first-order valence-corrected chi connectivity index (χ1v) is 9.75.